The number of hydrogen-bond donors (Lipinski definition) is 0. The molecule has 0 aliphatic carbocycles. The van der Waals surface area contributed by atoms with Crippen LogP contribution in [0.5, 0.6) is 0 Å². The molecule has 0 aliphatic heterocycles. The summed E-state index contributed by atoms with van der Waals surface area (Å²) in [5, 5.41) is 0. The molecule has 0 spiro atoms. The van der Waals surface area contributed by atoms with E-state index < -0.39 is 0 Å². The van der Waals surface area contributed by atoms with Gasteiger partial charge < -0.3 is 9.47 Å². The second-order valence-corrected chi connectivity index (χ2v) is 5.35. The third-order valence-corrected chi connectivity index (χ3v) is 3.30. The summed E-state index contributed by atoms with van der Waals surface area (Å²) in [5.74, 6) is 0. The lowest BCUT2D eigenvalue weighted by atomic mass is 10.2. The summed E-state index contributed by atoms with van der Waals surface area (Å²) in [6.07, 6.45) is 15.9. The summed E-state index contributed by atoms with van der Waals surface area (Å²) >= 11 is 0. The highest BCUT2D eigenvalue weighted by atomic mass is 16.7. The Labute approximate surface area is 135 Å². The van der Waals surface area contributed by atoms with Crippen molar-refractivity contribution in [3.63, 3.8) is 0 Å². The van der Waals surface area contributed by atoms with E-state index in [0.29, 0.717) is 13.4 Å². The molecule has 2 nitrogen and oxygen atoms in total. The molecule has 0 fully saturated rings. The van der Waals surface area contributed by atoms with Gasteiger partial charge in [0.2, 0.25) is 0 Å². The third kappa shape index (κ3) is 11.3. The molecule has 0 amide bonds. The van der Waals surface area contributed by atoms with Gasteiger partial charge in [0.1, 0.15) is 6.79 Å². The van der Waals surface area contributed by atoms with Gasteiger partial charge in [0.25, 0.3) is 0 Å². The van der Waals surface area contributed by atoms with Crippen molar-refractivity contribution in [3.8, 4) is 0 Å². The molecular formula is C20H30O2. The molecule has 0 N–H and O–H groups in total. The van der Waals surface area contributed by atoms with Crippen LogP contribution in [-0.4, -0.2) is 13.4 Å². The normalized spacial score (nSPS) is 11.7. The van der Waals surface area contributed by atoms with Crippen LogP contribution in [0.4, 0.5) is 0 Å². The highest BCUT2D eigenvalue weighted by Gasteiger charge is 1.92. The fraction of sp³-hybridized carbons (Fsp3) is 0.500. The molecule has 22 heavy (non-hydrogen) atoms. The minimum absolute atomic E-state index is 0.380. The van der Waals surface area contributed by atoms with Gasteiger partial charge in [-0.1, -0.05) is 74.4 Å². The molecule has 0 radical (unpaired) electrons. The van der Waals surface area contributed by atoms with Crippen molar-refractivity contribution in [3.05, 3.63) is 60.2 Å². The van der Waals surface area contributed by atoms with Gasteiger partial charge >= 0.3 is 0 Å². The lowest BCUT2D eigenvalue weighted by Gasteiger charge is -2.05. The van der Waals surface area contributed by atoms with Crippen LogP contribution in [0.1, 0.15) is 51.0 Å². The average molecular weight is 302 g/mol. The first-order valence-electron chi connectivity index (χ1n) is 8.44. The van der Waals surface area contributed by atoms with Crippen LogP contribution in [0, 0.1) is 0 Å². The van der Waals surface area contributed by atoms with Crippen molar-refractivity contribution in [2.75, 3.05) is 13.4 Å². The first-order valence-corrected chi connectivity index (χ1v) is 8.44. The predicted octanol–water partition coefficient (Wildman–Crippen LogP) is 5.65. The van der Waals surface area contributed by atoms with Crippen LogP contribution >= 0.6 is 0 Å². The zero-order valence-corrected chi connectivity index (χ0v) is 13.9. The van der Waals surface area contributed by atoms with E-state index in [4.69, 9.17) is 9.47 Å². The van der Waals surface area contributed by atoms with Gasteiger partial charge in [-0.3, -0.25) is 0 Å². The Bertz CT molecular complexity index is 395. The van der Waals surface area contributed by atoms with Gasteiger partial charge in [0, 0.05) is 6.61 Å². The molecule has 0 aliphatic rings. The van der Waals surface area contributed by atoms with Crippen molar-refractivity contribution in [2.24, 2.45) is 0 Å². The Kier molecular flexibility index (Phi) is 12.3. The molecule has 0 aromatic heterocycles. The van der Waals surface area contributed by atoms with Gasteiger partial charge in [-0.05, 0) is 31.2 Å². The summed E-state index contributed by atoms with van der Waals surface area (Å²) in [5.41, 5.74) is 1.18. The first kappa shape index (κ1) is 18.7. The Hall–Kier alpha value is -1.38. The van der Waals surface area contributed by atoms with Crippen LogP contribution in [0.25, 0.3) is 0 Å². The predicted molar refractivity (Wildman–Crippen MR) is 93.7 cm³/mol. The number of rotatable bonds is 13. The summed E-state index contributed by atoms with van der Waals surface area (Å²) in [6, 6.07) is 10.2. The zero-order valence-electron chi connectivity index (χ0n) is 13.9. The summed E-state index contributed by atoms with van der Waals surface area (Å²) in [6.45, 7) is 3.99. The lowest BCUT2D eigenvalue weighted by Crippen LogP contribution is -2.01. The smallest absolute Gasteiger partial charge is 0.147 e. The third-order valence-electron chi connectivity index (χ3n) is 3.30. The molecule has 1 rings (SSSR count). The standard InChI is InChI=1S/C20H30O2/c1-2-3-4-5-6-7-8-9-10-14-17-21-19-22-18-20-15-12-11-13-16-20/h5-8,11-13,15-16H,2-4,9-10,14,17-19H2,1H3/b6-5-,8-7+. The van der Waals surface area contributed by atoms with Crippen LogP contribution in [0.2, 0.25) is 0 Å². The van der Waals surface area contributed by atoms with Crippen LogP contribution in [0.15, 0.2) is 54.6 Å². The van der Waals surface area contributed by atoms with E-state index in [1.165, 1.54) is 24.8 Å². The highest BCUT2D eigenvalue weighted by molar-refractivity contribution is 5.13. The van der Waals surface area contributed by atoms with E-state index in [9.17, 15) is 0 Å². The zero-order chi connectivity index (χ0) is 15.7. The molecule has 1 aromatic rings. The molecule has 0 heterocycles. The highest BCUT2D eigenvalue weighted by Crippen LogP contribution is 2.02. The van der Waals surface area contributed by atoms with Crippen LogP contribution in [0.3, 0.4) is 0 Å². The Morgan fingerprint density at radius 3 is 2.32 bits per heavy atom. The molecule has 1 aromatic carbocycles. The van der Waals surface area contributed by atoms with E-state index in [1.807, 2.05) is 18.2 Å². The number of unbranched alkanes of at least 4 members (excludes halogenated alkanes) is 4. The van der Waals surface area contributed by atoms with Crippen molar-refractivity contribution in [2.45, 2.75) is 52.1 Å². The lowest BCUT2D eigenvalue weighted by molar-refractivity contribution is -0.0622. The van der Waals surface area contributed by atoms with Crippen LogP contribution < -0.4 is 0 Å². The molecular weight excluding hydrogens is 272 g/mol. The van der Waals surface area contributed by atoms with Crippen molar-refractivity contribution >= 4 is 0 Å². The maximum absolute atomic E-state index is 5.47. The maximum atomic E-state index is 5.47. The molecule has 0 atom stereocenters. The fourth-order valence-electron chi connectivity index (χ4n) is 1.99. The molecule has 2 heteroatoms. The second kappa shape index (κ2) is 14.6. The monoisotopic (exact) mass is 302 g/mol. The Morgan fingerprint density at radius 2 is 1.59 bits per heavy atom. The SMILES string of the molecule is CCCC/C=C\C=C\CCCCOCOCc1ccccc1. The van der Waals surface area contributed by atoms with Gasteiger partial charge in [-0.2, -0.15) is 0 Å². The Morgan fingerprint density at radius 1 is 0.864 bits per heavy atom. The van der Waals surface area contributed by atoms with Gasteiger partial charge in [0.05, 0.1) is 6.61 Å². The van der Waals surface area contributed by atoms with Crippen molar-refractivity contribution in [1.82, 2.24) is 0 Å². The quantitative estimate of drug-likeness (QED) is 0.266. The summed E-state index contributed by atoms with van der Waals surface area (Å²) in [7, 11) is 0. The fourth-order valence-corrected chi connectivity index (χ4v) is 1.99. The van der Waals surface area contributed by atoms with Crippen molar-refractivity contribution < 1.29 is 9.47 Å². The minimum atomic E-state index is 0.380. The topological polar surface area (TPSA) is 18.5 Å². The number of hydrogen-bond acceptors (Lipinski definition) is 2. The number of ether oxygens (including phenoxy) is 2. The molecule has 122 valence electrons. The van der Waals surface area contributed by atoms with Crippen LogP contribution in [-0.2, 0) is 16.1 Å². The average Bonchev–Trinajstić information content (AvgIpc) is 2.56. The first-order chi connectivity index (χ1) is 10.9. The number of allylic oxidation sites excluding steroid dienone is 4. The summed E-state index contributed by atoms with van der Waals surface area (Å²) in [4.78, 5) is 0. The Balaban J connectivity index is 1.83. The van der Waals surface area contributed by atoms with Crippen molar-refractivity contribution in [1.29, 1.82) is 0 Å². The van der Waals surface area contributed by atoms with Gasteiger partial charge in [-0.25, -0.2) is 0 Å². The van der Waals surface area contributed by atoms with E-state index in [-0.39, 0.29) is 0 Å². The second-order valence-electron chi connectivity index (χ2n) is 5.35. The van der Waals surface area contributed by atoms with Gasteiger partial charge in [-0.15, -0.1) is 0 Å². The number of benzene rings is 1. The largest absolute Gasteiger partial charge is 0.355 e. The van der Waals surface area contributed by atoms with E-state index in [1.54, 1.807) is 0 Å². The molecule has 0 bridgehead atoms. The van der Waals surface area contributed by atoms with Gasteiger partial charge in [0.15, 0.2) is 0 Å². The molecule has 0 saturated heterocycles. The molecule has 0 unspecified atom stereocenters. The van der Waals surface area contributed by atoms with E-state index in [0.717, 1.165) is 25.9 Å². The van der Waals surface area contributed by atoms with E-state index >= 15 is 0 Å². The summed E-state index contributed by atoms with van der Waals surface area (Å²) < 4.78 is 10.9. The minimum Gasteiger partial charge on any atom is -0.355 e. The van der Waals surface area contributed by atoms with E-state index in [2.05, 4.69) is 43.4 Å². The molecule has 0 saturated carbocycles. The maximum Gasteiger partial charge on any atom is 0.147 e.